The van der Waals surface area contributed by atoms with Crippen LogP contribution < -0.4 is 15.1 Å². The molecule has 9 nitrogen and oxygen atoms in total. The molecule has 3 aliphatic heterocycles. The molecule has 4 rings (SSSR count). The number of ketones is 1. The van der Waals surface area contributed by atoms with Crippen LogP contribution in [0.15, 0.2) is 12.1 Å². The number of amides is 2. The first-order valence-corrected chi connectivity index (χ1v) is 11.7. The maximum atomic E-state index is 15.1. The first-order chi connectivity index (χ1) is 16.3. The van der Waals surface area contributed by atoms with Gasteiger partial charge in [-0.2, -0.15) is 0 Å². The number of ether oxygens (including phenoxy) is 1. The van der Waals surface area contributed by atoms with Gasteiger partial charge in [-0.05, 0) is 39.3 Å². The van der Waals surface area contributed by atoms with Gasteiger partial charge in [-0.3, -0.25) is 14.5 Å². The maximum absolute atomic E-state index is 15.1. The number of piperidine rings is 1. The summed E-state index contributed by atoms with van der Waals surface area (Å²) in [6.45, 7) is 3.87. The molecule has 1 aromatic carbocycles. The molecule has 11 heteroatoms. The van der Waals surface area contributed by atoms with Crippen LogP contribution in [0.3, 0.4) is 0 Å². The quantitative estimate of drug-likeness (QED) is 0.668. The molecule has 0 spiro atoms. The molecular weight excluding hydrogens is 450 g/mol. The van der Waals surface area contributed by atoms with Gasteiger partial charge in [0.25, 0.3) is 0 Å². The Hall–Kier alpha value is -2.79. The van der Waals surface area contributed by atoms with E-state index in [1.165, 1.54) is 21.8 Å². The Morgan fingerprint density at radius 1 is 1.12 bits per heavy atom. The average Bonchev–Trinajstić information content (AvgIpc) is 3.02. The molecule has 3 heterocycles. The van der Waals surface area contributed by atoms with Crippen LogP contribution in [0.4, 0.5) is 25.0 Å². The van der Waals surface area contributed by atoms with Crippen LogP contribution in [0.5, 0.6) is 0 Å². The Morgan fingerprint density at radius 3 is 2.50 bits per heavy atom. The minimum atomic E-state index is -0.812. The summed E-state index contributed by atoms with van der Waals surface area (Å²) in [4.78, 5) is 44.4. The van der Waals surface area contributed by atoms with E-state index in [0.29, 0.717) is 6.42 Å². The lowest BCUT2D eigenvalue weighted by Crippen LogP contribution is -2.42. The molecule has 3 fully saturated rings. The summed E-state index contributed by atoms with van der Waals surface area (Å²) in [5.41, 5.74) is -0.160. The Balaban J connectivity index is 1.42. The van der Waals surface area contributed by atoms with Crippen LogP contribution in [0.25, 0.3) is 0 Å². The van der Waals surface area contributed by atoms with Crippen LogP contribution in [-0.2, 0) is 19.2 Å². The Bertz CT molecular complexity index is 917. The van der Waals surface area contributed by atoms with Crippen molar-refractivity contribution in [2.24, 2.45) is 5.92 Å². The van der Waals surface area contributed by atoms with Gasteiger partial charge in [0, 0.05) is 37.6 Å². The van der Waals surface area contributed by atoms with Crippen molar-refractivity contribution >= 4 is 29.2 Å². The summed E-state index contributed by atoms with van der Waals surface area (Å²) in [6.07, 6.45) is 0.898. The number of rotatable bonds is 6. The maximum Gasteiger partial charge on any atom is 0.414 e. The third-order valence-electron chi connectivity index (χ3n) is 6.44. The minimum Gasteiger partial charge on any atom is -0.444 e. The number of nitrogens with one attached hydrogen (secondary N) is 1. The predicted molar refractivity (Wildman–Crippen MR) is 119 cm³/mol. The lowest BCUT2D eigenvalue weighted by molar-refractivity contribution is -0.187. The highest BCUT2D eigenvalue weighted by atomic mass is 19.1. The molecule has 0 bridgehead atoms. The number of hydroxylamine groups is 2. The molecule has 3 aliphatic rings. The van der Waals surface area contributed by atoms with E-state index in [4.69, 9.17) is 9.57 Å². The standard InChI is InChI=1S/C23H30F2N4O5/c1-15(30)2-3-18-14-28(23(32)34-18)17-12-19(24)21(20(25)13-17)27-8-9-29(33-11-10-27)22(31)16-4-6-26-7-5-16/h12-13,16,18,26H,2-11,14H2,1H3/t18-/m0/s1. The molecule has 2 amide bonds. The fraction of sp³-hybridized carbons (Fsp3) is 0.609. The number of hydrogen-bond acceptors (Lipinski definition) is 7. The van der Waals surface area contributed by atoms with Crippen LogP contribution in [-0.4, -0.2) is 74.8 Å². The van der Waals surface area contributed by atoms with Gasteiger partial charge in [-0.25, -0.2) is 18.6 Å². The zero-order valence-electron chi connectivity index (χ0n) is 19.2. The molecule has 0 aromatic heterocycles. The Morgan fingerprint density at radius 2 is 1.82 bits per heavy atom. The van der Waals surface area contributed by atoms with Gasteiger partial charge < -0.3 is 19.7 Å². The summed E-state index contributed by atoms with van der Waals surface area (Å²) in [7, 11) is 0. The molecule has 1 N–H and O–H groups in total. The first-order valence-electron chi connectivity index (χ1n) is 11.7. The van der Waals surface area contributed by atoms with Crippen molar-refractivity contribution in [2.75, 3.05) is 55.7 Å². The van der Waals surface area contributed by atoms with E-state index in [1.807, 2.05) is 0 Å². The van der Waals surface area contributed by atoms with Crippen LogP contribution in [0.1, 0.15) is 32.6 Å². The molecule has 0 saturated carbocycles. The number of carbonyl (C=O) groups excluding carboxylic acids is 3. The summed E-state index contributed by atoms with van der Waals surface area (Å²) in [5, 5.41) is 4.54. The van der Waals surface area contributed by atoms with Crippen molar-refractivity contribution in [3.63, 3.8) is 0 Å². The first kappa shape index (κ1) is 24.3. The van der Waals surface area contributed by atoms with E-state index >= 15 is 8.78 Å². The number of hydrogen-bond donors (Lipinski definition) is 1. The lowest BCUT2D eigenvalue weighted by atomic mass is 9.97. The van der Waals surface area contributed by atoms with Gasteiger partial charge >= 0.3 is 6.09 Å². The van der Waals surface area contributed by atoms with E-state index in [-0.39, 0.29) is 68.2 Å². The normalized spacial score (nSPS) is 22.0. The van der Waals surface area contributed by atoms with Crippen LogP contribution in [0, 0.1) is 17.6 Å². The van der Waals surface area contributed by atoms with Crippen molar-refractivity contribution < 1.29 is 32.7 Å². The fourth-order valence-electron chi connectivity index (χ4n) is 4.58. The number of cyclic esters (lactones) is 1. The second kappa shape index (κ2) is 10.6. The summed E-state index contributed by atoms with van der Waals surface area (Å²) in [5.74, 6) is -1.85. The zero-order chi connectivity index (χ0) is 24.2. The number of carbonyl (C=O) groups is 3. The second-order valence-corrected chi connectivity index (χ2v) is 8.90. The summed E-state index contributed by atoms with van der Waals surface area (Å²) < 4.78 is 35.4. The molecule has 0 aliphatic carbocycles. The fourth-order valence-corrected chi connectivity index (χ4v) is 4.58. The van der Waals surface area contributed by atoms with Gasteiger partial charge in [-0.15, -0.1) is 0 Å². The third-order valence-corrected chi connectivity index (χ3v) is 6.44. The van der Waals surface area contributed by atoms with Crippen molar-refractivity contribution in [3.8, 4) is 0 Å². The largest absolute Gasteiger partial charge is 0.444 e. The van der Waals surface area contributed by atoms with E-state index in [2.05, 4.69) is 5.32 Å². The third kappa shape index (κ3) is 5.47. The van der Waals surface area contributed by atoms with E-state index in [1.54, 1.807) is 0 Å². The SMILES string of the molecule is CC(=O)CC[C@H]1CN(c2cc(F)c(N3CCON(C(=O)C4CCNCC4)CC3)c(F)c2)C(=O)O1. The molecule has 34 heavy (non-hydrogen) atoms. The number of nitrogens with zero attached hydrogens (tertiary/aromatic N) is 3. The minimum absolute atomic E-state index is 0.0200. The topological polar surface area (TPSA) is 91.4 Å². The van der Waals surface area contributed by atoms with Crippen molar-refractivity contribution in [1.29, 1.82) is 0 Å². The van der Waals surface area contributed by atoms with Gasteiger partial charge in [0.1, 0.15) is 17.6 Å². The molecule has 0 radical (unpaired) electrons. The summed E-state index contributed by atoms with van der Waals surface area (Å²) in [6, 6.07) is 2.22. The molecule has 1 atom stereocenters. The monoisotopic (exact) mass is 480 g/mol. The molecule has 0 unspecified atom stereocenters. The Kier molecular flexibility index (Phi) is 7.62. The smallest absolute Gasteiger partial charge is 0.414 e. The van der Waals surface area contributed by atoms with E-state index in [0.717, 1.165) is 38.1 Å². The van der Waals surface area contributed by atoms with Gasteiger partial charge in [0.2, 0.25) is 5.91 Å². The molecule has 1 aromatic rings. The number of benzene rings is 1. The molecule has 186 valence electrons. The highest BCUT2D eigenvalue weighted by molar-refractivity contribution is 5.90. The molecule has 3 saturated heterocycles. The van der Waals surface area contributed by atoms with Crippen molar-refractivity contribution in [1.82, 2.24) is 10.4 Å². The lowest BCUT2D eigenvalue weighted by Gasteiger charge is -2.28. The highest BCUT2D eigenvalue weighted by Crippen LogP contribution is 2.32. The highest BCUT2D eigenvalue weighted by Gasteiger charge is 2.34. The van der Waals surface area contributed by atoms with Crippen LogP contribution >= 0.6 is 0 Å². The van der Waals surface area contributed by atoms with Crippen molar-refractivity contribution in [3.05, 3.63) is 23.8 Å². The average molecular weight is 481 g/mol. The van der Waals surface area contributed by atoms with Gasteiger partial charge in [0.15, 0.2) is 11.6 Å². The zero-order valence-corrected chi connectivity index (χ0v) is 19.2. The van der Waals surface area contributed by atoms with Gasteiger partial charge in [-0.1, -0.05) is 0 Å². The van der Waals surface area contributed by atoms with E-state index < -0.39 is 23.8 Å². The number of Topliss-reactive ketones (excluding diaryl/α,β-unsaturated/α-hetero) is 1. The second-order valence-electron chi connectivity index (χ2n) is 8.90. The Labute approximate surface area is 196 Å². The number of halogens is 2. The van der Waals surface area contributed by atoms with Gasteiger partial charge in [0.05, 0.1) is 25.4 Å². The van der Waals surface area contributed by atoms with Crippen molar-refractivity contribution in [2.45, 2.75) is 38.7 Å². The molecular formula is C23H30F2N4O5. The van der Waals surface area contributed by atoms with Crippen LogP contribution in [0.2, 0.25) is 0 Å². The number of anilines is 2. The summed E-state index contributed by atoms with van der Waals surface area (Å²) >= 11 is 0. The predicted octanol–water partition coefficient (Wildman–Crippen LogP) is 2.24. The van der Waals surface area contributed by atoms with E-state index in [9.17, 15) is 14.4 Å².